The van der Waals surface area contributed by atoms with Gasteiger partial charge in [-0.2, -0.15) is 4.31 Å². The highest BCUT2D eigenvalue weighted by Crippen LogP contribution is 2.33. The van der Waals surface area contributed by atoms with Crippen LogP contribution < -0.4 is 10.2 Å². The van der Waals surface area contributed by atoms with Crippen LogP contribution in [0.2, 0.25) is 5.02 Å². The molecule has 1 saturated carbocycles. The van der Waals surface area contributed by atoms with Gasteiger partial charge in [0.25, 0.3) is 0 Å². The highest BCUT2D eigenvalue weighted by atomic mass is 35.5. The van der Waals surface area contributed by atoms with E-state index in [-0.39, 0.29) is 25.0 Å². The zero-order valence-corrected chi connectivity index (χ0v) is 19.4. The summed E-state index contributed by atoms with van der Waals surface area (Å²) >= 11 is 6.28. The number of benzene rings is 1. The van der Waals surface area contributed by atoms with Gasteiger partial charge in [0.05, 0.1) is 12.8 Å². The van der Waals surface area contributed by atoms with E-state index < -0.39 is 21.5 Å². The molecule has 1 N–H and O–H groups in total. The van der Waals surface area contributed by atoms with Gasteiger partial charge >= 0.3 is 0 Å². The maximum absolute atomic E-state index is 13.5. The normalized spacial score (nSPS) is 24.5. The molecule has 9 heteroatoms. The van der Waals surface area contributed by atoms with Crippen LogP contribution in [-0.2, 0) is 19.6 Å². The summed E-state index contributed by atoms with van der Waals surface area (Å²) < 4.78 is 25.5. The van der Waals surface area contributed by atoms with E-state index in [1.54, 1.807) is 25.1 Å². The Bertz CT molecular complexity index is 928. The Morgan fingerprint density at radius 3 is 2.40 bits per heavy atom. The molecule has 3 rings (SSSR count). The van der Waals surface area contributed by atoms with Crippen LogP contribution in [0.1, 0.15) is 51.0 Å². The molecule has 1 saturated heterocycles. The Kier molecular flexibility index (Phi) is 6.79. The van der Waals surface area contributed by atoms with E-state index in [1.165, 1.54) is 4.90 Å². The largest absolute Gasteiger partial charge is 0.351 e. The summed E-state index contributed by atoms with van der Waals surface area (Å²) in [5.41, 5.74) is -0.0435. The SMILES string of the molecule is Cc1ccc(N2C(=O)CN(S(C)(=O)=O)C[C@@]2(C)C(=O)NC2CCCCCC2)cc1Cl. The summed E-state index contributed by atoms with van der Waals surface area (Å²) in [5, 5.41) is 3.58. The smallest absolute Gasteiger partial charge is 0.247 e. The van der Waals surface area contributed by atoms with Crippen molar-refractivity contribution in [1.29, 1.82) is 0 Å². The first-order valence-corrected chi connectivity index (χ1v) is 12.6. The summed E-state index contributed by atoms with van der Waals surface area (Å²) in [6.45, 7) is 3.06. The Balaban J connectivity index is 1.98. The summed E-state index contributed by atoms with van der Waals surface area (Å²) in [6.07, 6.45) is 7.24. The minimum Gasteiger partial charge on any atom is -0.351 e. The molecular weight excluding hydrogens is 426 g/mol. The van der Waals surface area contributed by atoms with Crippen LogP contribution in [0.4, 0.5) is 5.69 Å². The van der Waals surface area contributed by atoms with Crippen LogP contribution in [0.3, 0.4) is 0 Å². The number of halogens is 1. The minimum absolute atomic E-state index is 0.0315. The van der Waals surface area contributed by atoms with Gasteiger partial charge in [-0.25, -0.2) is 8.42 Å². The molecule has 0 unspecified atom stereocenters. The molecule has 0 bridgehead atoms. The molecule has 0 aromatic heterocycles. The number of nitrogens with zero attached hydrogens (tertiary/aromatic N) is 2. The standard InChI is InChI=1S/C21H30ClN3O4S/c1-15-10-11-17(12-18(15)22)25-19(26)13-24(30(3,28)29)14-21(25,2)20(27)23-16-8-6-4-5-7-9-16/h10-12,16H,4-9,13-14H2,1-3H3,(H,23,27)/t21-/m0/s1. The Morgan fingerprint density at radius 1 is 1.20 bits per heavy atom. The molecule has 1 aliphatic carbocycles. The molecule has 1 aromatic carbocycles. The lowest BCUT2D eigenvalue weighted by Gasteiger charge is -2.47. The molecule has 2 aliphatic rings. The number of aryl methyl sites for hydroxylation is 1. The Labute approximate surface area is 183 Å². The molecule has 1 atom stereocenters. The molecular formula is C21H30ClN3O4S. The van der Waals surface area contributed by atoms with Crippen molar-refractivity contribution in [2.45, 2.75) is 64.0 Å². The van der Waals surface area contributed by atoms with Crippen molar-refractivity contribution < 1.29 is 18.0 Å². The van der Waals surface area contributed by atoms with E-state index in [4.69, 9.17) is 11.6 Å². The quantitative estimate of drug-likeness (QED) is 0.707. The molecule has 0 radical (unpaired) electrons. The van der Waals surface area contributed by atoms with Crippen LogP contribution in [0.15, 0.2) is 18.2 Å². The predicted octanol–water partition coefficient (Wildman–Crippen LogP) is 2.85. The summed E-state index contributed by atoms with van der Waals surface area (Å²) in [7, 11) is -3.64. The summed E-state index contributed by atoms with van der Waals surface area (Å²) in [5.74, 6) is -0.794. The van der Waals surface area contributed by atoms with E-state index in [0.29, 0.717) is 10.7 Å². The van der Waals surface area contributed by atoms with Gasteiger partial charge in [0, 0.05) is 23.3 Å². The Morgan fingerprint density at radius 2 is 1.83 bits per heavy atom. The van der Waals surface area contributed by atoms with E-state index in [0.717, 1.165) is 54.6 Å². The molecule has 7 nitrogen and oxygen atoms in total. The molecule has 166 valence electrons. The first-order chi connectivity index (χ1) is 14.0. The number of piperazine rings is 1. The van der Waals surface area contributed by atoms with E-state index in [9.17, 15) is 18.0 Å². The molecule has 2 amide bonds. The summed E-state index contributed by atoms with van der Waals surface area (Å²) in [6, 6.07) is 5.22. The lowest BCUT2D eigenvalue weighted by molar-refractivity contribution is -0.133. The number of sulfonamides is 1. The van der Waals surface area contributed by atoms with Crippen LogP contribution in [-0.4, -0.2) is 55.5 Å². The molecule has 0 spiro atoms. The fourth-order valence-corrected chi connectivity index (χ4v) is 5.29. The monoisotopic (exact) mass is 455 g/mol. The van der Waals surface area contributed by atoms with Crippen molar-refractivity contribution in [2.24, 2.45) is 0 Å². The van der Waals surface area contributed by atoms with Crippen LogP contribution >= 0.6 is 11.6 Å². The minimum atomic E-state index is -3.64. The van der Waals surface area contributed by atoms with Gasteiger partial charge in [-0.05, 0) is 44.4 Å². The first-order valence-electron chi connectivity index (χ1n) is 10.4. The second-order valence-corrected chi connectivity index (χ2v) is 11.0. The third kappa shape index (κ3) is 4.81. The van der Waals surface area contributed by atoms with Gasteiger partial charge in [-0.3, -0.25) is 14.5 Å². The average Bonchev–Trinajstić information content (AvgIpc) is 2.92. The lowest BCUT2D eigenvalue weighted by Crippen LogP contribution is -2.70. The highest BCUT2D eigenvalue weighted by molar-refractivity contribution is 7.88. The average molecular weight is 456 g/mol. The number of hydrogen-bond donors (Lipinski definition) is 1. The predicted molar refractivity (Wildman–Crippen MR) is 118 cm³/mol. The van der Waals surface area contributed by atoms with Gasteiger partial charge in [0.2, 0.25) is 21.8 Å². The number of carbonyl (C=O) groups excluding carboxylic acids is 2. The first kappa shape index (κ1) is 23.0. The third-order valence-electron chi connectivity index (χ3n) is 6.10. The zero-order valence-electron chi connectivity index (χ0n) is 17.8. The topological polar surface area (TPSA) is 86.8 Å². The molecule has 1 aromatic rings. The van der Waals surface area contributed by atoms with E-state index in [2.05, 4.69) is 5.32 Å². The number of anilines is 1. The zero-order chi connectivity index (χ0) is 22.1. The third-order valence-corrected chi connectivity index (χ3v) is 7.70. The van der Waals surface area contributed by atoms with Crippen molar-refractivity contribution >= 4 is 39.1 Å². The molecule has 1 heterocycles. The summed E-state index contributed by atoms with van der Waals surface area (Å²) in [4.78, 5) is 28.0. The lowest BCUT2D eigenvalue weighted by atomic mass is 9.93. The fourth-order valence-electron chi connectivity index (χ4n) is 4.29. The van der Waals surface area contributed by atoms with Crippen molar-refractivity contribution in [2.75, 3.05) is 24.2 Å². The van der Waals surface area contributed by atoms with E-state index in [1.807, 2.05) is 6.92 Å². The number of rotatable bonds is 4. The van der Waals surface area contributed by atoms with Gasteiger partial charge in [-0.1, -0.05) is 43.4 Å². The van der Waals surface area contributed by atoms with E-state index >= 15 is 0 Å². The van der Waals surface area contributed by atoms with Crippen molar-refractivity contribution in [3.05, 3.63) is 28.8 Å². The number of carbonyl (C=O) groups is 2. The van der Waals surface area contributed by atoms with Crippen LogP contribution in [0.25, 0.3) is 0 Å². The maximum atomic E-state index is 13.5. The van der Waals surface area contributed by atoms with Crippen molar-refractivity contribution in [3.8, 4) is 0 Å². The van der Waals surface area contributed by atoms with Gasteiger partial charge in [0.15, 0.2) is 0 Å². The fraction of sp³-hybridized carbons (Fsp3) is 0.619. The van der Waals surface area contributed by atoms with Crippen molar-refractivity contribution in [1.82, 2.24) is 9.62 Å². The van der Waals surface area contributed by atoms with Crippen LogP contribution in [0.5, 0.6) is 0 Å². The van der Waals surface area contributed by atoms with Gasteiger partial charge < -0.3 is 5.32 Å². The number of amides is 2. The second kappa shape index (κ2) is 8.85. The number of hydrogen-bond acceptors (Lipinski definition) is 4. The second-order valence-electron chi connectivity index (χ2n) is 8.63. The highest BCUT2D eigenvalue weighted by Gasteiger charge is 2.50. The van der Waals surface area contributed by atoms with Crippen LogP contribution in [0, 0.1) is 6.92 Å². The number of nitrogens with one attached hydrogen (secondary N) is 1. The maximum Gasteiger partial charge on any atom is 0.247 e. The molecule has 1 aliphatic heterocycles. The van der Waals surface area contributed by atoms with Crippen molar-refractivity contribution in [3.63, 3.8) is 0 Å². The van der Waals surface area contributed by atoms with Gasteiger partial charge in [0.1, 0.15) is 5.54 Å². The Hall–Kier alpha value is -1.64. The van der Waals surface area contributed by atoms with Gasteiger partial charge in [-0.15, -0.1) is 0 Å². The molecule has 30 heavy (non-hydrogen) atoms. The molecule has 2 fully saturated rings.